The quantitative estimate of drug-likeness (QED) is 0.709. The second kappa shape index (κ2) is 7.05. The summed E-state index contributed by atoms with van der Waals surface area (Å²) >= 11 is 0. The van der Waals surface area contributed by atoms with E-state index in [-0.39, 0.29) is 0 Å². The van der Waals surface area contributed by atoms with Crippen LogP contribution in [0.2, 0.25) is 0 Å². The summed E-state index contributed by atoms with van der Waals surface area (Å²) in [5, 5.41) is 13.1. The summed E-state index contributed by atoms with van der Waals surface area (Å²) in [5.74, 6) is 0.511. The molecule has 2 fully saturated rings. The third kappa shape index (κ3) is 4.44. The van der Waals surface area contributed by atoms with Crippen LogP contribution in [0.1, 0.15) is 52.4 Å². The first-order valence-electron chi connectivity index (χ1n) is 8.28. The highest BCUT2D eigenvalue weighted by molar-refractivity contribution is 4.89. The summed E-state index contributed by atoms with van der Waals surface area (Å²) < 4.78 is 0. The molecule has 0 amide bonds. The second-order valence-corrected chi connectivity index (χ2v) is 6.79. The summed E-state index contributed by atoms with van der Waals surface area (Å²) in [5.41, 5.74) is 0.430. The van der Waals surface area contributed by atoms with Crippen LogP contribution in [0.25, 0.3) is 0 Å². The SMILES string of the molecule is CCC(CC)(CNC1CC1)CN1CCCC(CO)C1. The minimum absolute atomic E-state index is 0.363. The van der Waals surface area contributed by atoms with Gasteiger partial charge in [-0.1, -0.05) is 13.8 Å². The van der Waals surface area contributed by atoms with E-state index in [1.807, 2.05) is 0 Å². The van der Waals surface area contributed by atoms with Gasteiger partial charge in [-0.2, -0.15) is 0 Å². The van der Waals surface area contributed by atoms with Gasteiger partial charge in [0.1, 0.15) is 0 Å². The molecule has 0 spiro atoms. The van der Waals surface area contributed by atoms with Crippen LogP contribution in [0.15, 0.2) is 0 Å². The van der Waals surface area contributed by atoms with E-state index in [9.17, 15) is 5.11 Å². The number of hydrogen-bond acceptors (Lipinski definition) is 3. The van der Waals surface area contributed by atoms with Gasteiger partial charge < -0.3 is 15.3 Å². The Kier molecular flexibility index (Phi) is 5.67. The molecule has 0 aromatic rings. The van der Waals surface area contributed by atoms with Gasteiger partial charge in [-0.15, -0.1) is 0 Å². The predicted octanol–water partition coefficient (Wildman–Crippen LogP) is 2.25. The zero-order valence-electron chi connectivity index (χ0n) is 12.8. The maximum atomic E-state index is 9.37. The van der Waals surface area contributed by atoms with Gasteiger partial charge in [-0.3, -0.25) is 0 Å². The highest BCUT2D eigenvalue weighted by atomic mass is 16.3. The van der Waals surface area contributed by atoms with Gasteiger partial charge in [0.25, 0.3) is 0 Å². The van der Waals surface area contributed by atoms with Crippen molar-refractivity contribution < 1.29 is 5.11 Å². The Morgan fingerprint density at radius 2 is 1.95 bits per heavy atom. The van der Waals surface area contributed by atoms with Crippen molar-refractivity contribution in [2.75, 3.05) is 32.8 Å². The lowest BCUT2D eigenvalue weighted by atomic mass is 9.80. The standard InChI is InChI=1S/C16H32N2O/c1-3-16(4-2,12-17-15-7-8-15)13-18-9-5-6-14(10-18)11-19/h14-15,17,19H,3-13H2,1-2H3. The number of nitrogens with zero attached hydrogens (tertiary/aromatic N) is 1. The van der Waals surface area contributed by atoms with Crippen LogP contribution in [0, 0.1) is 11.3 Å². The van der Waals surface area contributed by atoms with Crippen molar-refractivity contribution in [1.29, 1.82) is 0 Å². The molecule has 1 saturated heterocycles. The number of aliphatic hydroxyl groups excluding tert-OH is 1. The van der Waals surface area contributed by atoms with Crippen LogP contribution < -0.4 is 5.32 Å². The van der Waals surface area contributed by atoms with Crippen molar-refractivity contribution in [3.8, 4) is 0 Å². The first-order valence-corrected chi connectivity index (χ1v) is 8.28. The molecule has 2 rings (SSSR count). The van der Waals surface area contributed by atoms with Crippen LogP contribution in [0.4, 0.5) is 0 Å². The molecule has 2 aliphatic rings. The minimum atomic E-state index is 0.363. The number of aliphatic hydroxyl groups is 1. The number of rotatable bonds is 8. The maximum absolute atomic E-state index is 9.37. The van der Waals surface area contributed by atoms with E-state index in [1.54, 1.807) is 0 Å². The van der Waals surface area contributed by atoms with E-state index in [4.69, 9.17) is 0 Å². The molecule has 1 atom stereocenters. The third-order valence-electron chi connectivity index (χ3n) is 5.26. The van der Waals surface area contributed by atoms with E-state index in [0.717, 1.165) is 12.6 Å². The smallest absolute Gasteiger partial charge is 0.0471 e. The first-order chi connectivity index (χ1) is 9.21. The fraction of sp³-hybridized carbons (Fsp3) is 1.00. The zero-order chi connectivity index (χ0) is 13.7. The van der Waals surface area contributed by atoms with Crippen molar-refractivity contribution in [2.45, 2.75) is 58.4 Å². The molecule has 1 aliphatic carbocycles. The minimum Gasteiger partial charge on any atom is -0.396 e. The van der Waals surface area contributed by atoms with Gasteiger partial charge in [0.2, 0.25) is 0 Å². The Hall–Kier alpha value is -0.120. The molecule has 2 N–H and O–H groups in total. The number of hydrogen-bond donors (Lipinski definition) is 2. The average molecular weight is 268 g/mol. The van der Waals surface area contributed by atoms with Gasteiger partial charge >= 0.3 is 0 Å². The van der Waals surface area contributed by atoms with E-state index in [0.29, 0.717) is 17.9 Å². The number of likely N-dealkylation sites (tertiary alicyclic amines) is 1. The molecule has 112 valence electrons. The van der Waals surface area contributed by atoms with Crippen LogP contribution >= 0.6 is 0 Å². The van der Waals surface area contributed by atoms with Crippen molar-refractivity contribution >= 4 is 0 Å². The van der Waals surface area contributed by atoms with Crippen LogP contribution in [-0.2, 0) is 0 Å². The molecular weight excluding hydrogens is 236 g/mol. The number of nitrogens with one attached hydrogen (secondary N) is 1. The van der Waals surface area contributed by atoms with Crippen molar-refractivity contribution in [2.24, 2.45) is 11.3 Å². The Balaban J connectivity index is 1.86. The molecule has 3 heteroatoms. The molecule has 19 heavy (non-hydrogen) atoms. The van der Waals surface area contributed by atoms with Crippen molar-refractivity contribution in [3.05, 3.63) is 0 Å². The summed E-state index contributed by atoms with van der Waals surface area (Å²) in [6, 6.07) is 0.809. The number of piperidine rings is 1. The van der Waals surface area contributed by atoms with E-state index >= 15 is 0 Å². The van der Waals surface area contributed by atoms with Crippen LogP contribution in [0.3, 0.4) is 0 Å². The van der Waals surface area contributed by atoms with Gasteiger partial charge in [0.15, 0.2) is 0 Å². The third-order valence-corrected chi connectivity index (χ3v) is 5.26. The summed E-state index contributed by atoms with van der Waals surface area (Å²) in [6.07, 6.45) is 7.72. The lowest BCUT2D eigenvalue weighted by molar-refractivity contribution is 0.0723. The highest BCUT2D eigenvalue weighted by Gasteiger charge is 2.33. The molecule has 1 saturated carbocycles. The van der Waals surface area contributed by atoms with Crippen LogP contribution in [-0.4, -0.2) is 48.8 Å². The Morgan fingerprint density at radius 3 is 2.53 bits per heavy atom. The normalized spacial score (nSPS) is 25.7. The van der Waals surface area contributed by atoms with Crippen LogP contribution in [0.5, 0.6) is 0 Å². The maximum Gasteiger partial charge on any atom is 0.0471 e. The Bertz CT molecular complexity index is 261. The molecule has 0 aromatic heterocycles. The van der Waals surface area contributed by atoms with Gasteiger partial charge in [0.05, 0.1) is 0 Å². The summed E-state index contributed by atoms with van der Waals surface area (Å²) in [7, 11) is 0. The topological polar surface area (TPSA) is 35.5 Å². The van der Waals surface area contributed by atoms with Gasteiger partial charge in [-0.25, -0.2) is 0 Å². The zero-order valence-corrected chi connectivity index (χ0v) is 12.8. The molecule has 0 bridgehead atoms. The molecular formula is C16H32N2O. The monoisotopic (exact) mass is 268 g/mol. The van der Waals surface area contributed by atoms with Crippen molar-refractivity contribution in [1.82, 2.24) is 10.2 Å². The Labute approximate surface area is 118 Å². The highest BCUT2D eigenvalue weighted by Crippen LogP contribution is 2.30. The van der Waals surface area contributed by atoms with E-state index in [1.165, 1.54) is 58.2 Å². The lowest BCUT2D eigenvalue weighted by Gasteiger charge is -2.41. The van der Waals surface area contributed by atoms with Gasteiger partial charge in [-0.05, 0) is 56.4 Å². The fourth-order valence-corrected chi connectivity index (χ4v) is 3.35. The van der Waals surface area contributed by atoms with Crippen molar-refractivity contribution in [3.63, 3.8) is 0 Å². The Morgan fingerprint density at radius 1 is 1.21 bits per heavy atom. The molecule has 0 radical (unpaired) electrons. The average Bonchev–Trinajstić information content (AvgIpc) is 3.28. The first kappa shape index (κ1) is 15.3. The lowest BCUT2D eigenvalue weighted by Crippen LogP contribution is -2.47. The molecule has 1 unspecified atom stereocenters. The molecule has 3 nitrogen and oxygen atoms in total. The largest absolute Gasteiger partial charge is 0.396 e. The molecule has 0 aromatic carbocycles. The van der Waals surface area contributed by atoms with E-state index in [2.05, 4.69) is 24.1 Å². The molecule has 1 heterocycles. The van der Waals surface area contributed by atoms with E-state index < -0.39 is 0 Å². The fourth-order valence-electron chi connectivity index (χ4n) is 3.35. The van der Waals surface area contributed by atoms with Gasteiger partial charge in [0, 0.05) is 32.3 Å². The summed E-state index contributed by atoms with van der Waals surface area (Å²) in [4.78, 5) is 2.60. The predicted molar refractivity (Wildman–Crippen MR) is 80.3 cm³/mol. The summed E-state index contributed by atoms with van der Waals surface area (Å²) in [6.45, 7) is 9.74. The second-order valence-electron chi connectivity index (χ2n) is 6.79. The molecule has 1 aliphatic heterocycles.